The van der Waals surface area contributed by atoms with Crippen molar-refractivity contribution in [3.05, 3.63) is 0 Å². The Bertz CT molecular complexity index is 224. The molecule has 0 spiro atoms. The summed E-state index contributed by atoms with van der Waals surface area (Å²) in [5, 5.41) is 2.77. The fraction of sp³-hybridized carbons (Fsp3) is 1.00. The Morgan fingerprint density at radius 3 is 1.31 bits per heavy atom. The van der Waals surface area contributed by atoms with Crippen LogP contribution in [0.3, 0.4) is 0 Å². The first-order valence-corrected chi connectivity index (χ1v) is 13.6. The van der Waals surface area contributed by atoms with E-state index in [-0.39, 0.29) is 0 Å². The van der Waals surface area contributed by atoms with Crippen molar-refractivity contribution in [2.45, 2.75) is 64.1 Å². The molecule has 1 fully saturated rings. The molecule has 0 radical (unpaired) electrons. The second kappa shape index (κ2) is 4.29. The van der Waals surface area contributed by atoms with Gasteiger partial charge in [0.25, 0.3) is 0 Å². The van der Waals surface area contributed by atoms with Crippen molar-refractivity contribution in [1.82, 2.24) is 9.80 Å². The zero-order valence-corrected chi connectivity index (χ0v) is 14.6. The van der Waals surface area contributed by atoms with Gasteiger partial charge in [-0.25, -0.2) is 0 Å². The molecular formula is C13H30GeN2. The van der Waals surface area contributed by atoms with Crippen LogP contribution in [0.15, 0.2) is 0 Å². The SMILES string of the molecule is CC(C)(C)N1CN(C(C)(C)C)[CH2][Ge]([CH3])([CH3])[CH2]1. The van der Waals surface area contributed by atoms with Gasteiger partial charge in [-0.2, -0.15) is 0 Å². The van der Waals surface area contributed by atoms with Crippen LogP contribution < -0.4 is 0 Å². The summed E-state index contributed by atoms with van der Waals surface area (Å²) in [6, 6.07) is 0. The minimum absolute atomic E-state index is 0.312. The molecular weight excluding hydrogens is 257 g/mol. The molecule has 0 N–H and O–H groups in total. The minimum atomic E-state index is -1.60. The van der Waals surface area contributed by atoms with Crippen LogP contribution >= 0.6 is 0 Å². The number of hydrogen-bond acceptors (Lipinski definition) is 2. The molecule has 0 unspecified atom stereocenters. The summed E-state index contributed by atoms with van der Waals surface area (Å²) in [6.07, 6.45) is 0. The fourth-order valence-electron chi connectivity index (χ4n) is 2.29. The van der Waals surface area contributed by atoms with E-state index >= 15 is 0 Å². The molecule has 16 heavy (non-hydrogen) atoms. The molecule has 2 nitrogen and oxygen atoms in total. The molecule has 0 bridgehead atoms. The van der Waals surface area contributed by atoms with Gasteiger partial charge >= 0.3 is 105 Å². The van der Waals surface area contributed by atoms with Crippen LogP contribution in [0.25, 0.3) is 0 Å². The molecule has 0 aliphatic carbocycles. The molecule has 0 saturated carbocycles. The zero-order chi connectivity index (χ0) is 12.8. The number of nitrogens with zero attached hydrogens (tertiary/aromatic N) is 2. The summed E-state index contributed by atoms with van der Waals surface area (Å²) in [4.78, 5) is 5.36. The molecule has 0 aromatic heterocycles. The Morgan fingerprint density at radius 1 is 0.750 bits per heavy atom. The Hall–Kier alpha value is 0.463. The first-order valence-electron chi connectivity index (χ1n) is 6.42. The van der Waals surface area contributed by atoms with E-state index in [2.05, 4.69) is 62.9 Å². The zero-order valence-electron chi connectivity index (χ0n) is 12.5. The average molecular weight is 287 g/mol. The van der Waals surface area contributed by atoms with E-state index in [1.165, 1.54) is 10.8 Å². The monoisotopic (exact) mass is 288 g/mol. The van der Waals surface area contributed by atoms with E-state index in [4.69, 9.17) is 0 Å². The van der Waals surface area contributed by atoms with Crippen LogP contribution in [-0.4, -0.2) is 51.6 Å². The normalized spacial score (nSPS) is 24.8. The van der Waals surface area contributed by atoms with E-state index in [9.17, 15) is 0 Å². The second-order valence-corrected chi connectivity index (χ2v) is 18.5. The van der Waals surface area contributed by atoms with Crippen molar-refractivity contribution in [3.8, 4) is 0 Å². The van der Waals surface area contributed by atoms with E-state index in [1.54, 1.807) is 0 Å². The van der Waals surface area contributed by atoms with Crippen LogP contribution in [0.1, 0.15) is 41.5 Å². The van der Waals surface area contributed by atoms with Crippen LogP contribution in [-0.2, 0) is 0 Å². The Labute approximate surface area is 105 Å². The average Bonchev–Trinajstić information content (AvgIpc) is 1.97. The molecule has 0 amide bonds. The summed E-state index contributed by atoms with van der Waals surface area (Å²) >= 11 is -1.60. The van der Waals surface area contributed by atoms with Gasteiger partial charge in [0, 0.05) is 0 Å². The molecule has 0 aromatic rings. The third kappa shape index (κ3) is 3.74. The predicted molar refractivity (Wildman–Crippen MR) is 75.3 cm³/mol. The van der Waals surface area contributed by atoms with Gasteiger partial charge in [-0.15, -0.1) is 0 Å². The number of rotatable bonds is 0. The van der Waals surface area contributed by atoms with E-state index < -0.39 is 13.3 Å². The first kappa shape index (κ1) is 14.5. The summed E-state index contributed by atoms with van der Waals surface area (Å²) in [7, 11) is 0. The van der Waals surface area contributed by atoms with Crippen LogP contribution in [0, 0.1) is 0 Å². The van der Waals surface area contributed by atoms with Gasteiger partial charge in [0.2, 0.25) is 0 Å². The van der Waals surface area contributed by atoms with Crippen molar-refractivity contribution in [2.24, 2.45) is 0 Å². The molecule has 1 aliphatic rings. The Balaban J connectivity index is 2.86. The summed E-state index contributed by atoms with van der Waals surface area (Å²) < 4.78 is 0. The van der Waals surface area contributed by atoms with Gasteiger partial charge in [0.15, 0.2) is 0 Å². The summed E-state index contributed by atoms with van der Waals surface area (Å²) in [6.45, 7) is 15.2. The maximum atomic E-state index is 2.68. The van der Waals surface area contributed by atoms with Crippen LogP contribution in [0.4, 0.5) is 0 Å². The van der Waals surface area contributed by atoms with Gasteiger partial charge in [-0.3, -0.25) is 0 Å². The van der Waals surface area contributed by atoms with Gasteiger partial charge < -0.3 is 0 Å². The van der Waals surface area contributed by atoms with Crippen LogP contribution in [0.5, 0.6) is 0 Å². The Morgan fingerprint density at radius 2 is 1.06 bits per heavy atom. The van der Waals surface area contributed by atoms with Crippen molar-refractivity contribution in [2.75, 3.05) is 17.4 Å². The summed E-state index contributed by atoms with van der Waals surface area (Å²) in [5.41, 5.74) is 0.624. The maximum absolute atomic E-state index is 2.68. The van der Waals surface area contributed by atoms with Crippen molar-refractivity contribution >= 4 is 13.3 Å². The first-order chi connectivity index (χ1) is 6.92. The molecule has 0 aromatic carbocycles. The third-order valence-corrected chi connectivity index (χ3v) is 8.67. The summed E-state index contributed by atoms with van der Waals surface area (Å²) in [5.74, 6) is 5.13. The van der Waals surface area contributed by atoms with E-state index in [0.717, 1.165) is 6.67 Å². The van der Waals surface area contributed by atoms with E-state index in [0.29, 0.717) is 11.1 Å². The van der Waals surface area contributed by atoms with Gasteiger partial charge in [0.1, 0.15) is 0 Å². The van der Waals surface area contributed by atoms with E-state index in [1.807, 2.05) is 0 Å². The second-order valence-electron chi connectivity index (χ2n) is 8.04. The molecule has 96 valence electrons. The van der Waals surface area contributed by atoms with Crippen molar-refractivity contribution in [1.29, 1.82) is 0 Å². The standard InChI is InChI=1S/C13H30GeN2/c1-12(2,3)15-9-14(7,8)10-16(11-15)13(4,5)6/h9-11H2,1-8H3. The van der Waals surface area contributed by atoms with Crippen molar-refractivity contribution in [3.63, 3.8) is 0 Å². The Kier molecular flexibility index (Phi) is 3.89. The fourth-order valence-corrected chi connectivity index (χ4v) is 9.24. The van der Waals surface area contributed by atoms with Gasteiger partial charge in [-0.1, -0.05) is 0 Å². The van der Waals surface area contributed by atoms with Gasteiger partial charge in [0.05, 0.1) is 0 Å². The number of hydrogen-bond donors (Lipinski definition) is 0. The molecule has 1 aliphatic heterocycles. The molecule has 1 rings (SSSR count). The van der Waals surface area contributed by atoms with Crippen LogP contribution in [0.2, 0.25) is 11.5 Å². The predicted octanol–water partition coefficient (Wildman–Crippen LogP) is 2.95. The van der Waals surface area contributed by atoms with Crippen molar-refractivity contribution < 1.29 is 0 Å². The van der Waals surface area contributed by atoms with Gasteiger partial charge in [-0.05, 0) is 0 Å². The molecule has 1 heterocycles. The third-order valence-electron chi connectivity index (χ3n) is 3.48. The molecule has 1 saturated heterocycles. The topological polar surface area (TPSA) is 6.48 Å². The quantitative estimate of drug-likeness (QED) is 0.632. The molecule has 0 atom stereocenters. The molecule has 3 heteroatoms.